The molecule has 0 saturated carbocycles. The highest BCUT2D eigenvalue weighted by atomic mass is 35.5. The molecule has 2 aromatic carbocycles. The Bertz CT molecular complexity index is 867. The molecule has 0 atom stereocenters. The van der Waals surface area contributed by atoms with Gasteiger partial charge in [0.15, 0.2) is 0 Å². The van der Waals surface area contributed by atoms with Gasteiger partial charge in [0.05, 0.1) is 23.6 Å². The van der Waals surface area contributed by atoms with Crippen LogP contribution in [0.2, 0.25) is 10.0 Å². The topological polar surface area (TPSA) is 87.3 Å². The summed E-state index contributed by atoms with van der Waals surface area (Å²) in [6, 6.07) is 11.5. The fourth-order valence-corrected chi connectivity index (χ4v) is 2.89. The van der Waals surface area contributed by atoms with Crippen molar-refractivity contribution in [1.29, 1.82) is 0 Å². The fraction of sp³-hybridized carbons (Fsp3) is 0.250. The standard InChI is InChI=1S/C20H21Cl2N3O3/c1-12(2)24-18(26)9-13-3-6-15(7-4-13)25-19(27)11-23-20(28)16-8-5-14(21)10-17(16)22/h3-8,10,12H,9,11H2,1-2H3,(H,23,28)(H,24,26)(H,25,27). The Balaban J connectivity index is 1.84. The number of halogens is 2. The van der Waals surface area contributed by atoms with Gasteiger partial charge in [-0.25, -0.2) is 0 Å². The van der Waals surface area contributed by atoms with Gasteiger partial charge >= 0.3 is 0 Å². The van der Waals surface area contributed by atoms with Gasteiger partial charge in [0.25, 0.3) is 5.91 Å². The van der Waals surface area contributed by atoms with Crippen LogP contribution in [0.15, 0.2) is 42.5 Å². The summed E-state index contributed by atoms with van der Waals surface area (Å²) < 4.78 is 0. The Hall–Kier alpha value is -2.57. The van der Waals surface area contributed by atoms with Gasteiger partial charge in [0.2, 0.25) is 11.8 Å². The second-order valence-electron chi connectivity index (χ2n) is 6.45. The molecule has 0 aliphatic carbocycles. The molecule has 0 aromatic heterocycles. The van der Waals surface area contributed by atoms with Crippen LogP contribution in [0.1, 0.15) is 29.8 Å². The minimum atomic E-state index is -0.469. The molecule has 0 heterocycles. The lowest BCUT2D eigenvalue weighted by Gasteiger charge is -2.10. The Morgan fingerprint density at radius 1 is 0.964 bits per heavy atom. The number of hydrogen-bond donors (Lipinski definition) is 3. The molecule has 2 rings (SSSR count). The molecule has 0 radical (unpaired) electrons. The molecule has 8 heteroatoms. The molecule has 2 aromatic rings. The van der Waals surface area contributed by atoms with Crippen molar-refractivity contribution in [2.45, 2.75) is 26.3 Å². The Morgan fingerprint density at radius 2 is 1.64 bits per heavy atom. The van der Waals surface area contributed by atoms with Gasteiger partial charge in [-0.3, -0.25) is 14.4 Å². The minimum Gasteiger partial charge on any atom is -0.354 e. The SMILES string of the molecule is CC(C)NC(=O)Cc1ccc(NC(=O)CNC(=O)c2ccc(Cl)cc2Cl)cc1. The van der Waals surface area contributed by atoms with Gasteiger partial charge in [-0.15, -0.1) is 0 Å². The molecule has 0 bridgehead atoms. The van der Waals surface area contributed by atoms with Gasteiger partial charge in [0.1, 0.15) is 0 Å². The first-order valence-electron chi connectivity index (χ1n) is 8.66. The summed E-state index contributed by atoms with van der Waals surface area (Å²) in [5.41, 5.74) is 1.64. The highest BCUT2D eigenvalue weighted by molar-refractivity contribution is 6.36. The number of rotatable bonds is 7. The molecular weight excluding hydrogens is 401 g/mol. The first-order valence-corrected chi connectivity index (χ1v) is 9.41. The smallest absolute Gasteiger partial charge is 0.253 e. The third-order valence-electron chi connectivity index (χ3n) is 3.64. The van der Waals surface area contributed by atoms with E-state index < -0.39 is 5.91 Å². The predicted octanol–water partition coefficient (Wildman–Crippen LogP) is 3.43. The fourth-order valence-electron chi connectivity index (χ4n) is 2.40. The summed E-state index contributed by atoms with van der Waals surface area (Å²) in [6.45, 7) is 3.59. The van der Waals surface area contributed by atoms with Gasteiger partial charge in [-0.1, -0.05) is 35.3 Å². The van der Waals surface area contributed by atoms with E-state index in [4.69, 9.17) is 23.2 Å². The van der Waals surface area contributed by atoms with Crippen molar-refractivity contribution in [3.63, 3.8) is 0 Å². The first kappa shape index (κ1) is 21.7. The number of nitrogens with one attached hydrogen (secondary N) is 3. The largest absolute Gasteiger partial charge is 0.354 e. The normalized spacial score (nSPS) is 10.5. The molecular formula is C20H21Cl2N3O3. The van der Waals surface area contributed by atoms with E-state index in [2.05, 4.69) is 16.0 Å². The lowest BCUT2D eigenvalue weighted by molar-refractivity contribution is -0.121. The molecule has 6 nitrogen and oxygen atoms in total. The number of hydrogen-bond acceptors (Lipinski definition) is 3. The highest BCUT2D eigenvalue weighted by Crippen LogP contribution is 2.20. The molecule has 3 N–H and O–H groups in total. The van der Waals surface area contributed by atoms with Crippen molar-refractivity contribution in [3.8, 4) is 0 Å². The zero-order valence-corrected chi connectivity index (χ0v) is 17.0. The van der Waals surface area contributed by atoms with Gasteiger partial charge in [-0.2, -0.15) is 0 Å². The number of amides is 3. The maximum Gasteiger partial charge on any atom is 0.253 e. The third-order valence-corrected chi connectivity index (χ3v) is 4.19. The highest BCUT2D eigenvalue weighted by Gasteiger charge is 2.12. The van der Waals surface area contributed by atoms with E-state index >= 15 is 0 Å². The zero-order chi connectivity index (χ0) is 20.7. The maximum absolute atomic E-state index is 12.1. The average Bonchev–Trinajstić information content (AvgIpc) is 2.60. The van der Waals surface area contributed by atoms with E-state index in [9.17, 15) is 14.4 Å². The molecule has 0 saturated heterocycles. The van der Waals surface area contributed by atoms with Gasteiger partial charge in [0, 0.05) is 16.8 Å². The molecule has 28 heavy (non-hydrogen) atoms. The van der Waals surface area contributed by atoms with Crippen LogP contribution in [0.3, 0.4) is 0 Å². The number of carbonyl (C=O) groups excluding carboxylic acids is 3. The Morgan fingerprint density at radius 3 is 2.25 bits per heavy atom. The summed E-state index contributed by atoms with van der Waals surface area (Å²) in [7, 11) is 0. The van der Waals surface area contributed by atoms with Crippen molar-refractivity contribution >= 4 is 46.6 Å². The summed E-state index contributed by atoms with van der Waals surface area (Å²) >= 11 is 11.8. The van der Waals surface area contributed by atoms with Crippen molar-refractivity contribution in [2.24, 2.45) is 0 Å². The van der Waals surface area contributed by atoms with Crippen LogP contribution in [0.4, 0.5) is 5.69 Å². The third kappa shape index (κ3) is 6.87. The zero-order valence-electron chi connectivity index (χ0n) is 15.5. The van der Waals surface area contributed by atoms with E-state index in [1.54, 1.807) is 30.3 Å². The Kier molecular flexibility index (Phi) is 7.84. The summed E-state index contributed by atoms with van der Waals surface area (Å²) in [4.78, 5) is 35.9. The molecule has 0 fully saturated rings. The van der Waals surface area contributed by atoms with Gasteiger partial charge < -0.3 is 16.0 Å². The van der Waals surface area contributed by atoms with Gasteiger partial charge in [-0.05, 0) is 49.7 Å². The quantitative estimate of drug-likeness (QED) is 0.639. The summed E-state index contributed by atoms with van der Waals surface area (Å²) in [5.74, 6) is -0.914. The molecule has 3 amide bonds. The van der Waals surface area contributed by atoms with Crippen molar-refractivity contribution in [2.75, 3.05) is 11.9 Å². The van der Waals surface area contributed by atoms with E-state index in [0.29, 0.717) is 10.7 Å². The van der Waals surface area contributed by atoms with Crippen LogP contribution < -0.4 is 16.0 Å². The minimum absolute atomic E-state index is 0.0599. The van der Waals surface area contributed by atoms with E-state index in [1.807, 2.05) is 13.8 Å². The van der Waals surface area contributed by atoms with Crippen LogP contribution in [-0.2, 0) is 16.0 Å². The summed E-state index contributed by atoms with van der Waals surface area (Å²) in [5, 5.41) is 8.63. The van der Waals surface area contributed by atoms with E-state index in [0.717, 1.165) is 5.56 Å². The summed E-state index contributed by atoms with van der Waals surface area (Å²) in [6.07, 6.45) is 0.268. The van der Waals surface area contributed by atoms with Crippen molar-refractivity contribution in [3.05, 3.63) is 63.6 Å². The molecule has 0 aliphatic rings. The Labute approximate surface area is 173 Å². The number of anilines is 1. The van der Waals surface area contributed by atoms with E-state index in [1.165, 1.54) is 12.1 Å². The lowest BCUT2D eigenvalue weighted by Crippen LogP contribution is -2.33. The first-order chi connectivity index (χ1) is 13.2. The molecule has 0 spiro atoms. The van der Waals surface area contributed by atoms with Crippen LogP contribution >= 0.6 is 23.2 Å². The number of benzene rings is 2. The molecule has 0 unspecified atom stereocenters. The second-order valence-corrected chi connectivity index (χ2v) is 7.29. The predicted molar refractivity (Wildman–Crippen MR) is 111 cm³/mol. The molecule has 0 aliphatic heterocycles. The second kappa shape index (κ2) is 10.1. The number of carbonyl (C=O) groups is 3. The van der Waals surface area contributed by atoms with E-state index in [-0.39, 0.29) is 41.4 Å². The maximum atomic E-state index is 12.1. The van der Waals surface area contributed by atoms with Crippen LogP contribution in [0, 0.1) is 0 Å². The van der Waals surface area contributed by atoms with Crippen molar-refractivity contribution in [1.82, 2.24) is 10.6 Å². The average molecular weight is 422 g/mol. The van der Waals surface area contributed by atoms with Crippen molar-refractivity contribution < 1.29 is 14.4 Å². The van der Waals surface area contributed by atoms with Crippen LogP contribution in [0.25, 0.3) is 0 Å². The molecule has 148 valence electrons. The monoisotopic (exact) mass is 421 g/mol. The van der Waals surface area contributed by atoms with Crippen LogP contribution in [-0.4, -0.2) is 30.3 Å². The van der Waals surface area contributed by atoms with Crippen LogP contribution in [0.5, 0.6) is 0 Å². The lowest BCUT2D eigenvalue weighted by atomic mass is 10.1.